The molecule has 1 aliphatic rings. The zero-order valence-corrected chi connectivity index (χ0v) is 17.7. The zero-order chi connectivity index (χ0) is 23.1. The van der Waals surface area contributed by atoms with E-state index in [-0.39, 0.29) is 17.4 Å². The van der Waals surface area contributed by atoms with Crippen LogP contribution in [0.1, 0.15) is 35.7 Å². The SMILES string of the molecule is CC(OC(=O)c1ccc(OCC(F)(F)F)nc1)C(=O)N1CCC(Cc2ccccc2)CC1. The summed E-state index contributed by atoms with van der Waals surface area (Å²) in [6, 6.07) is 12.6. The largest absolute Gasteiger partial charge is 0.468 e. The van der Waals surface area contributed by atoms with Gasteiger partial charge in [0.2, 0.25) is 5.88 Å². The van der Waals surface area contributed by atoms with Gasteiger partial charge in [0, 0.05) is 25.4 Å². The Balaban J connectivity index is 1.45. The van der Waals surface area contributed by atoms with Crippen molar-refractivity contribution >= 4 is 11.9 Å². The van der Waals surface area contributed by atoms with E-state index in [0.717, 1.165) is 31.5 Å². The van der Waals surface area contributed by atoms with E-state index in [9.17, 15) is 22.8 Å². The lowest BCUT2D eigenvalue weighted by Crippen LogP contribution is -2.44. The highest BCUT2D eigenvalue weighted by Crippen LogP contribution is 2.23. The third-order valence-electron chi connectivity index (χ3n) is 5.28. The Hall–Kier alpha value is -3.10. The van der Waals surface area contributed by atoms with Crippen LogP contribution in [0.3, 0.4) is 0 Å². The standard InChI is InChI=1S/C23H25F3N2O4/c1-16(32-22(30)19-7-8-20(27-14-19)31-15-23(24,25)26)21(29)28-11-9-18(10-12-28)13-17-5-3-2-4-6-17/h2-8,14,16,18H,9-13,15H2,1H3. The maximum Gasteiger partial charge on any atom is 0.422 e. The molecule has 1 amide bonds. The van der Waals surface area contributed by atoms with Crippen molar-refractivity contribution in [2.45, 2.75) is 38.5 Å². The minimum atomic E-state index is -4.48. The summed E-state index contributed by atoms with van der Waals surface area (Å²) in [7, 11) is 0. The van der Waals surface area contributed by atoms with Gasteiger partial charge in [-0.25, -0.2) is 9.78 Å². The van der Waals surface area contributed by atoms with Crippen LogP contribution in [-0.2, 0) is 16.0 Å². The number of alkyl halides is 3. The fraction of sp³-hybridized carbons (Fsp3) is 0.435. The highest BCUT2D eigenvalue weighted by Gasteiger charge is 2.30. The molecule has 2 aromatic rings. The minimum absolute atomic E-state index is 0.0191. The predicted molar refractivity (Wildman–Crippen MR) is 110 cm³/mol. The molecule has 9 heteroatoms. The lowest BCUT2D eigenvalue weighted by atomic mass is 9.90. The van der Waals surface area contributed by atoms with Gasteiger partial charge in [-0.15, -0.1) is 0 Å². The Morgan fingerprint density at radius 3 is 2.41 bits per heavy atom. The number of carbonyl (C=O) groups excluding carboxylic acids is 2. The van der Waals surface area contributed by atoms with E-state index < -0.39 is 24.9 Å². The van der Waals surface area contributed by atoms with E-state index in [1.165, 1.54) is 18.6 Å². The van der Waals surface area contributed by atoms with Gasteiger partial charge in [0.05, 0.1) is 5.56 Å². The van der Waals surface area contributed by atoms with Crippen molar-refractivity contribution in [1.82, 2.24) is 9.88 Å². The van der Waals surface area contributed by atoms with Crippen molar-refractivity contribution in [3.8, 4) is 5.88 Å². The van der Waals surface area contributed by atoms with E-state index in [1.807, 2.05) is 18.2 Å². The summed E-state index contributed by atoms with van der Waals surface area (Å²) in [6.45, 7) is 1.23. The summed E-state index contributed by atoms with van der Waals surface area (Å²) >= 11 is 0. The van der Waals surface area contributed by atoms with Gasteiger partial charge >= 0.3 is 12.1 Å². The van der Waals surface area contributed by atoms with Gasteiger partial charge in [-0.2, -0.15) is 13.2 Å². The molecule has 172 valence electrons. The van der Waals surface area contributed by atoms with Gasteiger partial charge < -0.3 is 14.4 Å². The van der Waals surface area contributed by atoms with Crippen molar-refractivity contribution in [1.29, 1.82) is 0 Å². The van der Waals surface area contributed by atoms with Crippen LogP contribution in [-0.4, -0.2) is 53.7 Å². The average Bonchev–Trinajstić information content (AvgIpc) is 2.78. The van der Waals surface area contributed by atoms with Crippen molar-refractivity contribution < 1.29 is 32.2 Å². The van der Waals surface area contributed by atoms with Crippen LogP contribution >= 0.6 is 0 Å². The Morgan fingerprint density at radius 1 is 1.12 bits per heavy atom. The van der Waals surface area contributed by atoms with Crippen LogP contribution in [0.25, 0.3) is 0 Å². The average molecular weight is 450 g/mol. The first kappa shape index (κ1) is 23.6. The number of rotatable bonds is 7. The maximum absolute atomic E-state index is 12.7. The second-order valence-corrected chi connectivity index (χ2v) is 7.79. The Bertz CT molecular complexity index is 896. The highest BCUT2D eigenvalue weighted by atomic mass is 19.4. The first-order valence-electron chi connectivity index (χ1n) is 10.4. The van der Waals surface area contributed by atoms with Crippen LogP contribution in [0.4, 0.5) is 13.2 Å². The normalized spacial score (nSPS) is 15.8. The van der Waals surface area contributed by atoms with Crippen LogP contribution in [0.15, 0.2) is 48.7 Å². The fourth-order valence-electron chi connectivity index (χ4n) is 3.58. The number of nitrogens with zero attached hydrogens (tertiary/aromatic N) is 2. The Kier molecular flexibility index (Phi) is 7.71. The van der Waals surface area contributed by atoms with Gasteiger partial charge in [-0.05, 0) is 43.7 Å². The van der Waals surface area contributed by atoms with E-state index in [0.29, 0.717) is 19.0 Å². The Morgan fingerprint density at radius 2 is 1.81 bits per heavy atom. The summed E-state index contributed by atoms with van der Waals surface area (Å²) < 4.78 is 46.3. The molecule has 6 nitrogen and oxygen atoms in total. The number of hydrogen-bond acceptors (Lipinski definition) is 5. The number of carbonyl (C=O) groups is 2. The third kappa shape index (κ3) is 6.96. The molecule has 3 rings (SSSR count). The number of benzene rings is 1. The molecule has 0 aliphatic carbocycles. The quantitative estimate of drug-likeness (QED) is 0.596. The molecule has 0 spiro atoms. The summed E-state index contributed by atoms with van der Waals surface area (Å²) in [4.78, 5) is 30.3. The number of piperidine rings is 1. The zero-order valence-electron chi connectivity index (χ0n) is 17.7. The summed E-state index contributed by atoms with van der Waals surface area (Å²) in [5.74, 6) is -0.806. The van der Waals surface area contributed by atoms with Crippen molar-refractivity contribution in [3.05, 3.63) is 59.8 Å². The van der Waals surface area contributed by atoms with Gasteiger partial charge in [-0.1, -0.05) is 30.3 Å². The van der Waals surface area contributed by atoms with Crippen molar-refractivity contribution in [3.63, 3.8) is 0 Å². The highest BCUT2D eigenvalue weighted by molar-refractivity contribution is 5.92. The van der Waals surface area contributed by atoms with Crippen molar-refractivity contribution in [2.24, 2.45) is 5.92 Å². The molecule has 1 saturated heterocycles. The summed E-state index contributed by atoms with van der Waals surface area (Å²) in [5, 5.41) is 0. The van der Waals surface area contributed by atoms with Crippen LogP contribution in [0.5, 0.6) is 5.88 Å². The number of hydrogen-bond donors (Lipinski definition) is 0. The second kappa shape index (κ2) is 10.5. The molecule has 1 aromatic heterocycles. The molecule has 1 atom stereocenters. The van der Waals surface area contributed by atoms with Crippen molar-refractivity contribution in [2.75, 3.05) is 19.7 Å². The third-order valence-corrected chi connectivity index (χ3v) is 5.28. The molecule has 0 N–H and O–H groups in total. The van der Waals surface area contributed by atoms with E-state index >= 15 is 0 Å². The van der Waals surface area contributed by atoms with E-state index in [2.05, 4.69) is 21.9 Å². The lowest BCUT2D eigenvalue weighted by molar-refractivity contribution is -0.154. The number of pyridine rings is 1. The van der Waals surface area contributed by atoms with Crippen LogP contribution in [0.2, 0.25) is 0 Å². The molecule has 0 radical (unpaired) electrons. The number of amides is 1. The molecule has 1 unspecified atom stereocenters. The van der Waals surface area contributed by atoms with Crippen LogP contribution < -0.4 is 4.74 Å². The first-order valence-corrected chi connectivity index (χ1v) is 10.4. The van der Waals surface area contributed by atoms with Gasteiger partial charge in [0.25, 0.3) is 5.91 Å². The minimum Gasteiger partial charge on any atom is -0.468 e. The molecule has 1 aliphatic heterocycles. The second-order valence-electron chi connectivity index (χ2n) is 7.79. The van der Waals surface area contributed by atoms with E-state index in [4.69, 9.17) is 4.74 Å². The predicted octanol–water partition coefficient (Wildman–Crippen LogP) is 4.05. The molecule has 0 saturated carbocycles. The molecule has 1 aromatic carbocycles. The monoisotopic (exact) mass is 450 g/mol. The first-order chi connectivity index (χ1) is 15.2. The topological polar surface area (TPSA) is 68.7 Å². The van der Waals surface area contributed by atoms with E-state index in [1.54, 1.807) is 4.90 Å². The lowest BCUT2D eigenvalue weighted by Gasteiger charge is -2.33. The number of halogens is 3. The molecular formula is C23H25F3N2O4. The summed E-state index contributed by atoms with van der Waals surface area (Å²) in [5.41, 5.74) is 1.30. The fourth-order valence-corrected chi connectivity index (χ4v) is 3.58. The summed E-state index contributed by atoms with van der Waals surface area (Å²) in [6.07, 6.45) is -1.67. The van der Waals surface area contributed by atoms with Gasteiger partial charge in [0.1, 0.15) is 0 Å². The molecule has 1 fully saturated rings. The molecule has 2 heterocycles. The van der Waals surface area contributed by atoms with Crippen LogP contribution in [0, 0.1) is 5.92 Å². The molecule has 32 heavy (non-hydrogen) atoms. The number of aromatic nitrogens is 1. The Labute approximate surface area is 184 Å². The molecular weight excluding hydrogens is 425 g/mol. The maximum atomic E-state index is 12.7. The smallest absolute Gasteiger partial charge is 0.422 e. The molecule has 0 bridgehead atoms. The van der Waals surface area contributed by atoms with Gasteiger partial charge in [-0.3, -0.25) is 4.79 Å². The number of likely N-dealkylation sites (tertiary alicyclic amines) is 1. The number of ether oxygens (including phenoxy) is 2. The van der Waals surface area contributed by atoms with Gasteiger partial charge in [0.15, 0.2) is 12.7 Å². The number of esters is 1.